The van der Waals surface area contributed by atoms with Gasteiger partial charge in [0.15, 0.2) is 5.13 Å². The molecular weight excluding hydrogens is 328 g/mol. The highest BCUT2D eigenvalue weighted by Gasteiger charge is 2.09. The predicted octanol–water partition coefficient (Wildman–Crippen LogP) is 4.76. The van der Waals surface area contributed by atoms with E-state index in [-0.39, 0.29) is 0 Å². The summed E-state index contributed by atoms with van der Waals surface area (Å²) in [6.07, 6.45) is 5.26. The van der Waals surface area contributed by atoms with Crippen molar-refractivity contribution in [3.05, 3.63) is 89.7 Å². The van der Waals surface area contributed by atoms with Crippen LogP contribution < -0.4 is 5.32 Å². The average molecular weight is 344 g/mol. The van der Waals surface area contributed by atoms with E-state index in [1.807, 2.05) is 42.6 Å². The van der Waals surface area contributed by atoms with Crippen molar-refractivity contribution in [1.29, 1.82) is 0 Å². The molecule has 0 spiro atoms. The molecule has 4 rings (SSSR count). The van der Waals surface area contributed by atoms with Gasteiger partial charge >= 0.3 is 0 Å². The van der Waals surface area contributed by atoms with Crippen LogP contribution in [0.4, 0.5) is 5.13 Å². The number of aromatic nitrogens is 3. The molecule has 0 saturated carbocycles. The number of nitrogens with one attached hydrogen (secondary N) is 1. The number of fused-ring (bicyclic) bond motifs is 1. The standard InChI is InChI=1S/C20H16N4S/c1-14(16-7-8-17-18(11-16)22-10-9-21-17)19-13-24-20(25-19)23-12-15-5-3-2-4-6-15/h2-11,13H,1,12H2,(H,23,24). The van der Waals surface area contributed by atoms with Crippen LogP contribution >= 0.6 is 11.3 Å². The number of benzene rings is 2. The Morgan fingerprint density at radius 3 is 2.60 bits per heavy atom. The Bertz CT molecular complexity index is 1020. The van der Waals surface area contributed by atoms with Crippen LogP contribution in [-0.2, 0) is 6.54 Å². The third kappa shape index (κ3) is 3.41. The number of rotatable bonds is 5. The van der Waals surface area contributed by atoms with E-state index in [4.69, 9.17) is 0 Å². The molecule has 2 aromatic carbocycles. The molecule has 25 heavy (non-hydrogen) atoms. The minimum Gasteiger partial charge on any atom is -0.357 e. The molecule has 0 radical (unpaired) electrons. The van der Waals surface area contributed by atoms with Crippen molar-refractivity contribution in [2.24, 2.45) is 0 Å². The summed E-state index contributed by atoms with van der Waals surface area (Å²) in [5.74, 6) is 0. The second-order valence-corrected chi connectivity index (χ2v) is 6.64. The molecule has 4 nitrogen and oxygen atoms in total. The molecule has 0 amide bonds. The second kappa shape index (κ2) is 6.83. The SMILES string of the molecule is C=C(c1ccc2nccnc2c1)c1cnc(NCc2ccccc2)s1. The summed E-state index contributed by atoms with van der Waals surface area (Å²) in [6.45, 7) is 4.98. The van der Waals surface area contributed by atoms with Crippen LogP contribution in [0.3, 0.4) is 0 Å². The largest absolute Gasteiger partial charge is 0.357 e. The summed E-state index contributed by atoms with van der Waals surface area (Å²) < 4.78 is 0. The summed E-state index contributed by atoms with van der Waals surface area (Å²) in [5.41, 5.74) is 4.96. The highest BCUT2D eigenvalue weighted by atomic mass is 32.1. The molecule has 5 heteroatoms. The first kappa shape index (κ1) is 15.5. The van der Waals surface area contributed by atoms with Gasteiger partial charge in [0.1, 0.15) is 0 Å². The van der Waals surface area contributed by atoms with Crippen molar-refractivity contribution < 1.29 is 0 Å². The van der Waals surface area contributed by atoms with E-state index < -0.39 is 0 Å². The first-order chi connectivity index (χ1) is 12.3. The van der Waals surface area contributed by atoms with Crippen molar-refractivity contribution >= 4 is 33.1 Å². The Morgan fingerprint density at radius 2 is 1.76 bits per heavy atom. The molecular formula is C20H16N4S. The molecule has 2 heterocycles. The van der Waals surface area contributed by atoms with E-state index in [1.54, 1.807) is 23.7 Å². The molecule has 0 bridgehead atoms. The zero-order chi connectivity index (χ0) is 17.1. The van der Waals surface area contributed by atoms with Crippen LogP contribution in [0.5, 0.6) is 0 Å². The molecule has 122 valence electrons. The van der Waals surface area contributed by atoms with E-state index in [1.165, 1.54) is 5.56 Å². The summed E-state index contributed by atoms with van der Waals surface area (Å²) in [4.78, 5) is 14.2. The summed E-state index contributed by atoms with van der Waals surface area (Å²) in [6, 6.07) is 16.3. The van der Waals surface area contributed by atoms with E-state index in [0.717, 1.165) is 38.7 Å². The number of hydrogen-bond donors (Lipinski definition) is 1. The average Bonchev–Trinajstić information content (AvgIpc) is 3.15. The van der Waals surface area contributed by atoms with Crippen LogP contribution in [0.15, 0.2) is 73.7 Å². The number of hydrogen-bond acceptors (Lipinski definition) is 5. The predicted molar refractivity (Wildman–Crippen MR) is 104 cm³/mol. The molecule has 0 saturated heterocycles. The fourth-order valence-corrected chi connectivity index (χ4v) is 3.37. The highest BCUT2D eigenvalue weighted by Crippen LogP contribution is 2.30. The highest BCUT2D eigenvalue weighted by molar-refractivity contribution is 7.16. The first-order valence-electron chi connectivity index (χ1n) is 7.94. The number of thiazole rings is 1. The maximum Gasteiger partial charge on any atom is 0.183 e. The van der Waals surface area contributed by atoms with Gasteiger partial charge < -0.3 is 5.32 Å². The van der Waals surface area contributed by atoms with Crippen molar-refractivity contribution in [3.8, 4) is 0 Å². The van der Waals surface area contributed by atoms with Crippen LogP contribution in [-0.4, -0.2) is 15.0 Å². The Morgan fingerprint density at radius 1 is 0.960 bits per heavy atom. The van der Waals surface area contributed by atoms with Gasteiger partial charge in [0.05, 0.1) is 15.9 Å². The maximum absolute atomic E-state index is 4.46. The number of anilines is 1. The van der Waals surface area contributed by atoms with Gasteiger partial charge in [-0.15, -0.1) is 0 Å². The van der Waals surface area contributed by atoms with Gasteiger partial charge in [-0.25, -0.2) is 4.98 Å². The Balaban J connectivity index is 1.51. The van der Waals surface area contributed by atoms with Gasteiger partial charge in [0.25, 0.3) is 0 Å². The minimum atomic E-state index is 0.756. The first-order valence-corrected chi connectivity index (χ1v) is 8.75. The summed E-state index contributed by atoms with van der Waals surface area (Å²) >= 11 is 1.60. The normalized spacial score (nSPS) is 10.7. The van der Waals surface area contributed by atoms with Gasteiger partial charge in [0, 0.05) is 25.1 Å². The monoisotopic (exact) mass is 344 g/mol. The van der Waals surface area contributed by atoms with Crippen LogP contribution in [0.2, 0.25) is 0 Å². The van der Waals surface area contributed by atoms with Crippen LogP contribution in [0.25, 0.3) is 16.6 Å². The quantitative estimate of drug-likeness (QED) is 0.567. The van der Waals surface area contributed by atoms with Gasteiger partial charge in [-0.2, -0.15) is 0 Å². The fourth-order valence-electron chi connectivity index (χ4n) is 2.56. The molecule has 0 unspecified atom stereocenters. The molecule has 1 N–H and O–H groups in total. The molecule has 0 aliphatic carbocycles. The summed E-state index contributed by atoms with van der Waals surface area (Å²) in [7, 11) is 0. The molecule has 0 fully saturated rings. The zero-order valence-corrected chi connectivity index (χ0v) is 14.3. The van der Waals surface area contributed by atoms with E-state index in [2.05, 4.69) is 39.0 Å². The van der Waals surface area contributed by atoms with Crippen LogP contribution in [0, 0.1) is 0 Å². The molecule has 0 aliphatic heterocycles. The van der Waals surface area contributed by atoms with Gasteiger partial charge in [-0.3, -0.25) is 9.97 Å². The van der Waals surface area contributed by atoms with Crippen molar-refractivity contribution in [2.75, 3.05) is 5.32 Å². The van der Waals surface area contributed by atoms with E-state index in [9.17, 15) is 0 Å². The molecule has 0 aliphatic rings. The molecule has 2 aromatic heterocycles. The molecule has 0 atom stereocenters. The second-order valence-electron chi connectivity index (χ2n) is 5.61. The third-order valence-corrected chi connectivity index (χ3v) is 4.92. The van der Waals surface area contributed by atoms with Crippen molar-refractivity contribution in [1.82, 2.24) is 15.0 Å². The fraction of sp³-hybridized carbons (Fsp3) is 0.0500. The lowest BCUT2D eigenvalue weighted by atomic mass is 10.1. The minimum absolute atomic E-state index is 0.756. The van der Waals surface area contributed by atoms with Gasteiger partial charge in [-0.1, -0.05) is 54.3 Å². The van der Waals surface area contributed by atoms with E-state index >= 15 is 0 Å². The summed E-state index contributed by atoms with van der Waals surface area (Å²) in [5, 5.41) is 4.25. The van der Waals surface area contributed by atoms with Crippen molar-refractivity contribution in [2.45, 2.75) is 6.54 Å². The lowest BCUT2D eigenvalue weighted by Gasteiger charge is -2.04. The van der Waals surface area contributed by atoms with Gasteiger partial charge in [0.2, 0.25) is 0 Å². The van der Waals surface area contributed by atoms with E-state index in [0.29, 0.717) is 0 Å². The maximum atomic E-state index is 4.46. The Kier molecular flexibility index (Phi) is 4.23. The lowest BCUT2D eigenvalue weighted by Crippen LogP contribution is -1.97. The smallest absolute Gasteiger partial charge is 0.183 e. The zero-order valence-electron chi connectivity index (χ0n) is 13.5. The topological polar surface area (TPSA) is 50.7 Å². The third-order valence-electron chi connectivity index (χ3n) is 3.91. The van der Waals surface area contributed by atoms with Crippen LogP contribution in [0.1, 0.15) is 16.0 Å². The van der Waals surface area contributed by atoms with Crippen molar-refractivity contribution in [3.63, 3.8) is 0 Å². The molecule has 4 aromatic rings. The van der Waals surface area contributed by atoms with Gasteiger partial charge in [-0.05, 0) is 28.8 Å². The number of nitrogens with zero attached hydrogens (tertiary/aromatic N) is 3. The lowest BCUT2D eigenvalue weighted by molar-refractivity contribution is 1.13. The Labute approximate surface area is 149 Å². The Hall–Kier alpha value is -3.05.